The number of rotatable bonds is 2. The maximum Gasteiger partial charge on any atom is 0.407 e. The van der Waals surface area contributed by atoms with Crippen LogP contribution >= 0.6 is 15.9 Å². The van der Waals surface area contributed by atoms with Gasteiger partial charge in [-0.15, -0.1) is 0 Å². The van der Waals surface area contributed by atoms with Crippen LogP contribution in [0.15, 0.2) is 22.8 Å². The molecular formula is C16H23BrN4O3. The summed E-state index contributed by atoms with van der Waals surface area (Å²) in [5.41, 5.74) is -0.512. The molecular weight excluding hydrogens is 376 g/mol. The van der Waals surface area contributed by atoms with Gasteiger partial charge in [-0.25, -0.2) is 14.6 Å². The van der Waals surface area contributed by atoms with E-state index in [0.29, 0.717) is 31.7 Å². The molecule has 1 saturated heterocycles. The normalized spacial score (nSPS) is 15.8. The number of amides is 3. The Morgan fingerprint density at radius 2 is 1.96 bits per heavy atom. The van der Waals surface area contributed by atoms with Crippen molar-refractivity contribution < 1.29 is 14.3 Å². The number of carbonyl (C=O) groups excluding carboxylic acids is 2. The van der Waals surface area contributed by atoms with Crippen molar-refractivity contribution in [3.05, 3.63) is 22.8 Å². The highest BCUT2D eigenvalue weighted by atomic mass is 79.9. The molecule has 2 N–H and O–H groups in total. The van der Waals surface area contributed by atoms with Crippen LogP contribution in [0.4, 0.5) is 15.4 Å². The van der Waals surface area contributed by atoms with E-state index in [-0.39, 0.29) is 12.1 Å². The van der Waals surface area contributed by atoms with Crippen LogP contribution in [0.1, 0.15) is 33.6 Å². The zero-order valence-electron chi connectivity index (χ0n) is 14.1. The van der Waals surface area contributed by atoms with Gasteiger partial charge in [-0.05, 0) is 61.7 Å². The topological polar surface area (TPSA) is 83.6 Å². The molecule has 8 heteroatoms. The lowest BCUT2D eigenvalue weighted by molar-refractivity contribution is 0.0486. The lowest BCUT2D eigenvalue weighted by atomic mass is 10.1. The van der Waals surface area contributed by atoms with Crippen molar-refractivity contribution in [2.45, 2.75) is 45.3 Å². The van der Waals surface area contributed by atoms with Crippen LogP contribution in [0.5, 0.6) is 0 Å². The van der Waals surface area contributed by atoms with Gasteiger partial charge < -0.3 is 15.0 Å². The number of hydrogen-bond acceptors (Lipinski definition) is 4. The Balaban J connectivity index is 1.76. The predicted octanol–water partition coefficient (Wildman–Crippen LogP) is 3.37. The molecule has 132 valence electrons. The number of carbonyl (C=O) groups is 2. The van der Waals surface area contributed by atoms with E-state index < -0.39 is 11.7 Å². The van der Waals surface area contributed by atoms with Crippen LogP contribution in [-0.2, 0) is 4.74 Å². The molecule has 0 aromatic carbocycles. The Labute approximate surface area is 150 Å². The van der Waals surface area contributed by atoms with E-state index in [1.807, 2.05) is 26.8 Å². The number of halogens is 1. The van der Waals surface area contributed by atoms with E-state index >= 15 is 0 Å². The van der Waals surface area contributed by atoms with Crippen molar-refractivity contribution in [2.75, 3.05) is 18.4 Å². The molecule has 0 saturated carbocycles. The first-order chi connectivity index (χ1) is 11.2. The molecule has 7 nitrogen and oxygen atoms in total. The van der Waals surface area contributed by atoms with E-state index in [4.69, 9.17) is 4.74 Å². The van der Waals surface area contributed by atoms with E-state index in [9.17, 15) is 9.59 Å². The summed E-state index contributed by atoms with van der Waals surface area (Å²) in [4.78, 5) is 29.8. The van der Waals surface area contributed by atoms with Gasteiger partial charge in [-0.2, -0.15) is 0 Å². The Bertz CT molecular complexity index is 578. The smallest absolute Gasteiger partial charge is 0.407 e. The van der Waals surface area contributed by atoms with E-state index in [2.05, 4.69) is 31.5 Å². The van der Waals surface area contributed by atoms with Gasteiger partial charge in [0.15, 0.2) is 0 Å². The van der Waals surface area contributed by atoms with Gasteiger partial charge in [-0.3, -0.25) is 5.32 Å². The molecule has 1 aromatic rings. The van der Waals surface area contributed by atoms with Crippen molar-refractivity contribution in [1.82, 2.24) is 15.2 Å². The van der Waals surface area contributed by atoms with Crippen LogP contribution in [0.3, 0.4) is 0 Å². The van der Waals surface area contributed by atoms with Gasteiger partial charge in [0.25, 0.3) is 0 Å². The minimum absolute atomic E-state index is 0.0229. The number of piperidine rings is 1. The Morgan fingerprint density at radius 3 is 2.50 bits per heavy atom. The third kappa shape index (κ3) is 5.99. The monoisotopic (exact) mass is 398 g/mol. The van der Waals surface area contributed by atoms with Crippen molar-refractivity contribution >= 4 is 33.9 Å². The van der Waals surface area contributed by atoms with E-state index in [1.165, 1.54) is 0 Å². The number of nitrogens with zero attached hydrogens (tertiary/aromatic N) is 2. The van der Waals surface area contributed by atoms with Crippen LogP contribution in [0.2, 0.25) is 0 Å². The van der Waals surface area contributed by atoms with Gasteiger partial charge >= 0.3 is 12.1 Å². The number of nitrogens with one attached hydrogen (secondary N) is 2. The number of aromatic nitrogens is 1. The van der Waals surface area contributed by atoms with E-state index in [1.54, 1.807) is 17.2 Å². The average Bonchev–Trinajstić information content (AvgIpc) is 2.48. The molecule has 1 aliphatic heterocycles. The highest BCUT2D eigenvalue weighted by Gasteiger charge is 2.25. The third-order valence-corrected chi connectivity index (χ3v) is 3.93. The fourth-order valence-electron chi connectivity index (χ4n) is 2.34. The fourth-order valence-corrected chi connectivity index (χ4v) is 2.57. The molecule has 2 rings (SSSR count). The number of ether oxygens (including phenoxy) is 1. The summed E-state index contributed by atoms with van der Waals surface area (Å²) < 4.78 is 6.10. The zero-order valence-corrected chi connectivity index (χ0v) is 15.7. The number of alkyl carbamates (subject to hydrolysis) is 1. The van der Waals surface area contributed by atoms with Gasteiger partial charge in [0.05, 0.1) is 0 Å². The molecule has 24 heavy (non-hydrogen) atoms. The number of hydrogen-bond donors (Lipinski definition) is 2. The standard InChI is InChI=1S/C16H23BrN4O3/c1-16(2,3)24-15(23)19-12-6-8-21(9-7-12)14(22)20-13-5-4-11(17)10-18-13/h4-5,10,12H,6-9H2,1-3H3,(H,19,23)(H,18,20,22). The van der Waals surface area contributed by atoms with Crippen molar-refractivity contribution in [3.8, 4) is 0 Å². The number of urea groups is 1. The fraction of sp³-hybridized carbons (Fsp3) is 0.562. The first-order valence-corrected chi connectivity index (χ1v) is 8.69. The largest absolute Gasteiger partial charge is 0.444 e. The summed E-state index contributed by atoms with van der Waals surface area (Å²) >= 11 is 3.30. The zero-order chi connectivity index (χ0) is 17.7. The van der Waals surface area contributed by atoms with E-state index in [0.717, 1.165) is 4.47 Å². The summed E-state index contributed by atoms with van der Waals surface area (Å²) in [6, 6.07) is 3.40. The lowest BCUT2D eigenvalue weighted by Gasteiger charge is -2.32. The van der Waals surface area contributed by atoms with Crippen LogP contribution in [0.25, 0.3) is 0 Å². The lowest BCUT2D eigenvalue weighted by Crippen LogP contribution is -2.48. The van der Waals surface area contributed by atoms with Crippen LogP contribution < -0.4 is 10.6 Å². The highest BCUT2D eigenvalue weighted by Crippen LogP contribution is 2.15. The molecule has 2 heterocycles. The van der Waals surface area contributed by atoms with Gasteiger partial charge in [-0.1, -0.05) is 0 Å². The number of likely N-dealkylation sites (tertiary alicyclic amines) is 1. The molecule has 0 spiro atoms. The summed E-state index contributed by atoms with van der Waals surface area (Å²) in [7, 11) is 0. The number of anilines is 1. The molecule has 1 aliphatic rings. The maximum absolute atomic E-state index is 12.2. The molecule has 0 bridgehead atoms. The molecule has 0 radical (unpaired) electrons. The summed E-state index contributed by atoms with van der Waals surface area (Å²) in [5.74, 6) is 0.511. The van der Waals surface area contributed by atoms with Gasteiger partial charge in [0.2, 0.25) is 0 Å². The minimum atomic E-state index is -0.512. The molecule has 0 atom stereocenters. The highest BCUT2D eigenvalue weighted by molar-refractivity contribution is 9.10. The molecule has 3 amide bonds. The molecule has 0 unspecified atom stereocenters. The Morgan fingerprint density at radius 1 is 1.29 bits per heavy atom. The van der Waals surface area contributed by atoms with Crippen molar-refractivity contribution in [1.29, 1.82) is 0 Å². The number of pyridine rings is 1. The Kier molecular flexibility index (Phi) is 6.04. The second kappa shape index (κ2) is 7.83. The Hall–Kier alpha value is -1.83. The van der Waals surface area contributed by atoms with Gasteiger partial charge in [0, 0.05) is 29.8 Å². The summed E-state index contributed by atoms with van der Waals surface area (Å²) in [6.45, 7) is 6.63. The van der Waals surface area contributed by atoms with Crippen LogP contribution in [0, 0.1) is 0 Å². The van der Waals surface area contributed by atoms with Gasteiger partial charge in [0.1, 0.15) is 11.4 Å². The first-order valence-electron chi connectivity index (χ1n) is 7.90. The first kappa shape index (κ1) is 18.5. The second-order valence-electron chi connectivity index (χ2n) is 6.70. The summed E-state index contributed by atoms with van der Waals surface area (Å²) in [5, 5.41) is 5.62. The van der Waals surface area contributed by atoms with Crippen molar-refractivity contribution in [2.24, 2.45) is 0 Å². The molecule has 1 fully saturated rings. The molecule has 1 aromatic heterocycles. The average molecular weight is 399 g/mol. The minimum Gasteiger partial charge on any atom is -0.444 e. The molecule has 0 aliphatic carbocycles. The van der Waals surface area contributed by atoms with Crippen molar-refractivity contribution in [3.63, 3.8) is 0 Å². The van der Waals surface area contributed by atoms with Crippen LogP contribution in [-0.4, -0.2) is 46.7 Å². The maximum atomic E-state index is 12.2. The second-order valence-corrected chi connectivity index (χ2v) is 7.62. The quantitative estimate of drug-likeness (QED) is 0.799. The summed E-state index contributed by atoms with van der Waals surface area (Å²) in [6.07, 6.45) is 2.61. The predicted molar refractivity (Wildman–Crippen MR) is 94.9 cm³/mol. The SMILES string of the molecule is CC(C)(C)OC(=O)NC1CCN(C(=O)Nc2ccc(Br)cn2)CC1. The third-order valence-electron chi connectivity index (χ3n) is 3.47.